The molecular weight excluding hydrogens is 442 g/mol. The second-order valence-corrected chi connectivity index (χ2v) is 8.79. The van der Waals surface area contributed by atoms with Gasteiger partial charge in [0.1, 0.15) is 12.4 Å². The number of rotatable bonds is 11. The third-order valence-electron chi connectivity index (χ3n) is 5.90. The van der Waals surface area contributed by atoms with E-state index in [1.54, 1.807) is 12.7 Å². The molecule has 13 nitrogen and oxygen atoms in total. The topological polar surface area (TPSA) is 187 Å². The zero-order valence-electron chi connectivity index (χ0n) is 19.6. The van der Waals surface area contributed by atoms with E-state index in [4.69, 9.17) is 16.2 Å². The molecule has 3 rings (SSSR count). The molecular formula is C21H33N9O4. The number of aromatic nitrogens is 4. The van der Waals surface area contributed by atoms with Crippen LogP contribution in [-0.4, -0.2) is 75.9 Å². The number of ether oxygens (including phenoxy) is 1. The Bertz CT molecular complexity index is 1020. The average Bonchev–Trinajstić information content (AvgIpc) is 3.41. The number of amides is 1. The monoisotopic (exact) mass is 475 g/mol. The number of carboxylic acids is 1. The molecule has 2 aromatic rings. The number of carboxylic acid groups (broad SMARTS) is 1. The van der Waals surface area contributed by atoms with Crippen LogP contribution in [0.1, 0.15) is 32.1 Å². The zero-order valence-corrected chi connectivity index (χ0v) is 19.6. The minimum absolute atomic E-state index is 0.0538. The smallest absolute Gasteiger partial charge is 0.407 e. The van der Waals surface area contributed by atoms with Crippen molar-refractivity contribution in [2.24, 2.45) is 28.3 Å². The van der Waals surface area contributed by atoms with E-state index in [0.29, 0.717) is 18.9 Å². The number of guanidine groups is 1. The Kier molecular flexibility index (Phi) is 8.44. The Morgan fingerprint density at radius 2 is 2.06 bits per heavy atom. The summed E-state index contributed by atoms with van der Waals surface area (Å²) in [4.78, 5) is 42.4. The SMILES string of the molecule is CN(C)c1ncnc2c1ncn2C[C@H]1CC[C@@H](COC(=O)N[C@H](CCCN=C(N)N)C(=O)O)C1. The molecule has 1 aliphatic carbocycles. The highest BCUT2D eigenvalue weighted by atomic mass is 16.5. The minimum atomic E-state index is -1.13. The first-order valence-electron chi connectivity index (χ1n) is 11.3. The zero-order chi connectivity index (χ0) is 24.7. The van der Waals surface area contributed by atoms with E-state index in [1.807, 2.05) is 23.6 Å². The molecule has 2 aromatic heterocycles. The molecule has 1 aliphatic rings. The molecule has 0 spiro atoms. The molecule has 13 heteroatoms. The van der Waals surface area contributed by atoms with E-state index >= 15 is 0 Å². The molecule has 0 radical (unpaired) electrons. The van der Waals surface area contributed by atoms with Gasteiger partial charge in [-0.15, -0.1) is 0 Å². The number of alkyl carbamates (subject to hydrolysis) is 1. The summed E-state index contributed by atoms with van der Waals surface area (Å²) in [5.41, 5.74) is 12.1. The number of nitrogens with one attached hydrogen (secondary N) is 1. The number of anilines is 1. The second-order valence-electron chi connectivity index (χ2n) is 8.79. The first kappa shape index (κ1) is 25.0. The first-order chi connectivity index (χ1) is 16.2. The third kappa shape index (κ3) is 6.68. The van der Waals surface area contributed by atoms with Gasteiger partial charge in [-0.25, -0.2) is 24.5 Å². The van der Waals surface area contributed by atoms with Crippen molar-refractivity contribution in [3.8, 4) is 0 Å². The summed E-state index contributed by atoms with van der Waals surface area (Å²) in [6.07, 6.45) is 6.07. The Balaban J connectivity index is 1.45. The number of hydrogen-bond donors (Lipinski definition) is 4. The van der Waals surface area contributed by atoms with Crippen LogP contribution in [0.2, 0.25) is 0 Å². The predicted octanol–water partition coefficient (Wildman–Crippen LogP) is 0.542. The van der Waals surface area contributed by atoms with Crippen molar-refractivity contribution in [3.05, 3.63) is 12.7 Å². The van der Waals surface area contributed by atoms with Crippen molar-refractivity contribution in [2.75, 3.05) is 32.1 Å². The van der Waals surface area contributed by atoms with Gasteiger partial charge in [0.05, 0.1) is 12.9 Å². The first-order valence-corrected chi connectivity index (χ1v) is 11.3. The van der Waals surface area contributed by atoms with E-state index in [9.17, 15) is 14.7 Å². The number of nitrogens with zero attached hydrogens (tertiary/aromatic N) is 6. The minimum Gasteiger partial charge on any atom is -0.480 e. The van der Waals surface area contributed by atoms with Gasteiger partial charge >= 0.3 is 12.1 Å². The summed E-state index contributed by atoms with van der Waals surface area (Å²) in [5.74, 6) is 0.235. The summed E-state index contributed by atoms with van der Waals surface area (Å²) < 4.78 is 7.37. The molecule has 0 aliphatic heterocycles. The normalized spacial score (nSPS) is 18.4. The number of aliphatic carboxylic acids is 1. The van der Waals surface area contributed by atoms with Crippen molar-refractivity contribution >= 4 is 35.0 Å². The standard InChI is InChI=1S/C21H33N9O4/c1-29(2)17-16-18(26-11-25-17)30(12-27-16)9-13-5-6-14(8-13)10-34-21(33)28-15(19(31)32)4-3-7-24-20(22)23/h11-15H,3-10H2,1-2H3,(H,28,33)(H,31,32)(H4,22,23,24)/t13-,14+,15+/m0/s1. The molecule has 1 amide bonds. The average molecular weight is 476 g/mol. The van der Waals surface area contributed by atoms with Crippen LogP contribution in [0.5, 0.6) is 0 Å². The van der Waals surface area contributed by atoms with Gasteiger partial charge in [-0.2, -0.15) is 0 Å². The van der Waals surface area contributed by atoms with Crippen LogP contribution in [-0.2, 0) is 16.1 Å². The van der Waals surface area contributed by atoms with Crippen LogP contribution < -0.4 is 21.7 Å². The predicted molar refractivity (Wildman–Crippen MR) is 126 cm³/mol. The lowest BCUT2D eigenvalue weighted by Gasteiger charge is -2.16. The van der Waals surface area contributed by atoms with E-state index in [-0.39, 0.29) is 24.9 Å². The van der Waals surface area contributed by atoms with E-state index < -0.39 is 18.1 Å². The van der Waals surface area contributed by atoms with Gasteiger partial charge in [-0.1, -0.05) is 0 Å². The lowest BCUT2D eigenvalue weighted by atomic mass is 10.1. The van der Waals surface area contributed by atoms with Crippen LogP contribution in [0, 0.1) is 11.8 Å². The van der Waals surface area contributed by atoms with Gasteiger partial charge < -0.3 is 36.1 Å². The highest BCUT2D eigenvalue weighted by molar-refractivity contribution is 5.83. The number of nitrogens with two attached hydrogens (primary N) is 2. The summed E-state index contributed by atoms with van der Waals surface area (Å²) in [5, 5.41) is 11.7. The lowest BCUT2D eigenvalue weighted by molar-refractivity contribution is -0.139. The molecule has 1 fully saturated rings. The largest absolute Gasteiger partial charge is 0.480 e. The lowest BCUT2D eigenvalue weighted by Crippen LogP contribution is -2.41. The van der Waals surface area contributed by atoms with Crippen LogP contribution in [0.15, 0.2) is 17.6 Å². The van der Waals surface area contributed by atoms with E-state index in [1.165, 1.54) is 0 Å². The van der Waals surface area contributed by atoms with E-state index in [2.05, 4.69) is 25.3 Å². The fraction of sp³-hybridized carbons (Fsp3) is 0.619. The highest BCUT2D eigenvalue weighted by Gasteiger charge is 2.28. The van der Waals surface area contributed by atoms with E-state index in [0.717, 1.165) is 42.8 Å². The summed E-state index contributed by atoms with van der Waals surface area (Å²) in [7, 11) is 3.84. The molecule has 0 saturated heterocycles. The highest BCUT2D eigenvalue weighted by Crippen LogP contribution is 2.33. The Hall–Kier alpha value is -3.64. The van der Waals surface area contributed by atoms with Gasteiger partial charge in [0.25, 0.3) is 0 Å². The summed E-state index contributed by atoms with van der Waals surface area (Å²) in [6, 6.07) is -1.05. The van der Waals surface area contributed by atoms with Crippen LogP contribution in [0.25, 0.3) is 11.2 Å². The van der Waals surface area contributed by atoms with Crippen LogP contribution in [0.4, 0.5) is 10.6 Å². The molecule has 3 atom stereocenters. The van der Waals surface area contributed by atoms with Crippen molar-refractivity contribution in [1.29, 1.82) is 0 Å². The fourth-order valence-corrected chi connectivity index (χ4v) is 4.24. The molecule has 0 aromatic carbocycles. The van der Waals surface area contributed by atoms with Crippen molar-refractivity contribution < 1.29 is 19.4 Å². The van der Waals surface area contributed by atoms with Crippen molar-refractivity contribution in [3.63, 3.8) is 0 Å². The van der Waals surface area contributed by atoms with Crippen molar-refractivity contribution in [1.82, 2.24) is 24.8 Å². The maximum absolute atomic E-state index is 12.1. The molecule has 34 heavy (non-hydrogen) atoms. The number of imidazole rings is 1. The Labute approximate surface area is 197 Å². The van der Waals surface area contributed by atoms with Gasteiger partial charge in [0.2, 0.25) is 0 Å². The third-order valence-corrected chi connectivity index (χ3v) is 5.90. The number of aliphatic imine (C=N–C) groups is 1. The molecule has 2 heterocycles. The van der Waals surface area contributed by atoms with Crippen LogP contribution in [0.3, 0.4) is 0 Å². The molecule has 6 N–H and O–H groups in total. The van der Waals surface area contributed by atoms with Gasteiger partial charge in [-0.3, -0.25) is 4.99 Å². The maximum Gasteiger partial charge on any atom is 0.407 e. The quantitative estimate of drug-likeness (QED) is 0.203. The molecule has 186 valence electrons. The number of fused-ring (bicyclic) bond motifs is 1. The van der Waals surface area contributed by atoms with Gasteiger partial charge in [0.15, 0.2) is 22.9 Å². The number of carbonyl (C=O) groups is 2. The fourth-order valence-electron chi connectivity index (χ4n) is 4.24. The Morgan fingerprint density at radius 3 is 2.76 bits per heavy atom. The number of hydrogen-bond acceptors (Lipinski definition) is 8. The Morgan fingerprint density at radius 1 is 1.29 bits per heavy atom. The second kappa shape index (κ2) is 11.5. The van der Waals surface area contributed by atoms with Crippen molar-refractivity contribution in [2.45, 2.75) is 44.7 Å². The summed E-state index contributed by atoms with van der Waals surface area (Å²) in [6.45, 7) is 1.32. The van der Waals surface area contributed by atoms with Gasteiger partial charge in [-0.05, 0) is 43.9 Å². The molecule has 0 unspecified atom stereocenters. The molecule has 0 bridgehead atoms. The summed E-state index contributed by atoms with van der Waals surface area (Å²) >= 11 is 0. The molecule has 1 saturated carbocycles. The van der Waals surface area contributed by atoms with Crippen LogP contribution >= 0.6 is 0 Å². The van der Waals surface area contributed by atoms with Gasteiger partial charge in [0, 0.05) is 27.2 Å². The maximum atomic E-state index is 12.1. The number of carbonyl (C=O) groups excluding carboxylic acids is 1.